The zero-order valence-electron chi connectivity index (χ0n) is 10.1. The van der Waals surface area contributed by atoms with Gasteiger partial charge in [-0.25, -0.2) is 9.37 Å². The first-order valence-electron chi connectivity index (χ1n) is 5.64. The molecule has 2 rings (SSSR count). The van der Waals surface area contributed by atoms with Gasteiger partial charge in [0.15, 0.2) is 17.3 Å². The third-order valence-corrected chi connectivity index (χ3v) is 3.09. The number of benzene rings is 1. The van der Waals surface area contributed by atoms with Crippen molar-refractivity contribution in [3.63, 3.8) is 0 Å². The molecule has 0 amide bonds. The largest absolute Gasteiger partial charge is 0.487 e. The third-order valence-electron chi connectivity index (χ3n) is 2.26. The molecule has 0 unspecified atom stereocenters. The molecule has 0 saturated heterocycles. The quantitative estimate of drug-likeness (QED) is 0.822. The zero-order chi connectivity index (χ0) is 14.5. The topological polar surface area (TPSA) is 51.6 Å². The highest BCUT2D eigenvalue weighted by molar-refractivity contribution is 9.10. The summed E-state index contributed by atoms with van der Waals surface area (Å²) in [7, 11) is 0. The van der Waals surface area contributed by atoms with Gasteiger partial charge in [0.25, 0.3) is 0 Å². The Balaban J connectivity index is 2.28. The summed E-state index contributed by atoms with van der Waals surface area (Å²) >= 11 is 8.84. The van der Waals surface area contributed by atoms with E-state index in [4.69, 9.17) is 26.2 Å². The number of ether oxygens (including phenoxy) is 2. The Morgan fingerprint density at radius 2 is 2.00 bits per heavy atom. The molecular formula is C13H10BrClFNO3. The first-order valence-corrected chi connectivity index (χ1v) is 6.81. The molecule has 0 aliphatic carbocycles. The van der Waals surface area contributed by atoms with Crippen LogP contribution in [0.25, 0.3) is 0 Å². The van der Waals surface area contributed by atoms with Crippen molar-refractivity contribution in [3.05, 3.63) is 45.8 Å². The van der Waals surface area contributed by atoms with Gasteiger partial charge in [-0.05, 0) is 28.1 Å². The lowest BCUT2D eigenvalue weighted by Crippen LogP contribution is -2.03. The second-order valence-corrected chi connectivity index (χ2v) is 4.83. The van der Waals surface area contributed by atoms with Crippen molar-refractivity contribution in [2.24, 2.45) is 0 Å². The van der Waals surface area contributed by atoms with Crippen molar-refractivity contribution in [2.45, 2.75) is 0 Å². The van der Waals surface area contributed by atoms with E-state index in [1.54, 1.807) is 24.3 Å². The molecule has 106 valence electrons. The van der Waals surface area contributed by atoms with Crippen LogP contribution in [0.1, 0.15) is 0 Å². The van der Waals surface area contributed by atoms with E-state index in [-0.39, 0.29) is 28.7 Å². The number of hydrogen-bond donors (Lipinski definition) is 1. The SMILES string of the molecule is OCCOc1ccccc1Oc1nc(Br)c(F)cc1Cl. The van der Waals surface area contributed by atoms with Crippen molar-refractivity contribution in [2.75, 3.05) is 13.2 Å². The second kappa shape index (κ2) is 6.88. The molecule has 1 aromatic heterocycles. The number of hydrogen-bond acceptors (Lipinski definition) is 4. The van der Waals surface area contributed by atoms with Crippen LogP contribution in [0.3, 0.4) is 0 Å². The molecule has 0 fully saturated rings. The van der Waals surface area contributed by atoms with E-state index in [2.05, 4.69) is 20.9 Å². The molecule has 0 aliphatic rings. The normalized spacial score (nSPS) is 10.4. The molecule has 0 radical (unpaired) electrons. The van der Waals surface area contributed by atoms with Crippen LogP contribution in [0.5, 0.6) is 17.4 Å². The number of pyridine rings is 1. The van der Waals surface area contributed by atoms with E-state index in [1.165, 1.54) is 0 Å². The van der Waals surface area contributed by atoms with Crippen LogP contribution in [0.2, 0.25) is 5.02 Å². The molecule has 0 bridgehead atoms. The Bertz CT molecular complexity index is 612. The molecule has 1 N–H and O–H groups in total. The minimum atomic E-state index is -0.577. The molecule has 0 spiro atoms. The van der Waals surface area contributed by atoms with Crippen LogP contribution in [0.15, 0.2) is 34.9 Å². The van der Waals surface area contributed by atoms with Crippen molar-refractivity contribution in [1.29, 1.82) is 0 Å². The summed E-state index contributed by atoms with van der Waals surface area (Å²) in [5.41, 5.74) is 0. The van der Waals surface area contributed by atoms with Gasteiger partial charge in [-0.1, -0.05) is 23.7 Å². The maximum atomic E-state index is 13.2. The fraction of sp³-hybridized carbons (Fsp3) is 0.154. The predicted octanol–water partition coefficient (Wildman–Crippen LogP) is 3.80. The molecule has 20 heavy (non-hydrogen) atoms. The van der Waals surface area contributed by atoms with E-state index in [0.29, 0.717) is 11.5 Å². The maximum absolute atomic E-state index is 13.2. The third kappa shape index (κ3) is 3.59. The molecule has 4 nitrogen and oxygen atoms in total. The Morgan fingerprint density at radius 1 is 1.30 bits per heavy atom. The number of aromatic nitrogens is 1. The standard InChI is InChI=1S/C13H10BrClFNO3/c14-12-9(16)7-8(15)13(17-12)20-11-4-2-1-3-10(11)19-6-5-18/h1-4,7,18H,5-6H2. The fourth-order valence-corrected chi connectivity index (χ4v) is 1.87. The van der Waals surface area contributed by atoms with Crippen molar-refractivity contribution < 1.29 is 19.0 Å². The van der Waals surface area contributed by atoms with Crippen molar-refractivity contribution in [1.82, 2.24) is 4.98 Å². The van der Waals surface area contributed by atoms with Crippen LogP contribution < -0.4 is 9.47 Å². The average Bonchev–Trinajstić information content (AvgIpc) is 2.44. The van der Waals surface area contributed by atoms with Crippen LogP contribution in [0, 0.1) is 5.82 Å². The number of aliphatic hydroxyl groups is 1. The fourth-order valence-electron chi connectivity index (χ4n) is 1.41. The predicted molar refractivity (Wildman–Crippen MR) is 76.0 cm³/mol. The van der Waals surface area contributed by atoms with Crippen LogP contribution in [0.4, 0.5) is 4.39 Å². The lowest BCUT2D eigenvalue weighted by atomic mass is 10.3. The Labute approximate surface area is 128 Å². The zero-order valence-corrected chi connectivity index (χ0v) is 12.5. The summed E-state index contributed by atoms with van der Waals surface area (Å²) in [6.07, 6.45) is 0. The first kappa shape index (κ1) is 15.0. The summed E-state index contributed by atoms with van der Waals surface area (Å²) in [5, 5.41) is 8.82. The van der Waals surface area contributed by atoms with Gasteiger partial charge in [-0.15, -0.1) is 0 Å². The average molecular weight is 363 g/mol. The van der Waals surface area contributed by atoms with E-state index in [0.717, 1.165) is 6.07 Å². The van der Waals surface area contributed by atoms with E-state index >= 15 is 0 Å². The summed E-state index contributed by atoms with van der Waals surface area (Å²) in [6, 6.07) is 7.94. The first-order chi connectivity index (χ1) is 9.61. The van der Waals surface area contributed by atoms with Gasteiger partial charge >= 0.3 is 0 Å². The monoisotopic (exact) mass is 361 g/mol. The summed E-state index contributed by atoms with van der Waals surface area (Å²) in [5.74, 6) is 0.279. The van der Waals surface area contributed by atoms with E-state index in [1.807, 2.05) is 0 Å². The highest BCUT2D eigenvalue weighted by Gasteiger charge is 2.13. The maximum Gasteiger partial charge on any atom is 0.239 e. The molecule has 0 saturated carbocycles. The van der Waals surface area contributed by atoms with Gasteiger partial charge < -0.3 is 14.6 Å². The number of nitrogens with zero attached hydrogens (tertiary/aromatic N) is 1. The van der Waals surface area contributed by atoms with Crippen molar-refractivity contribution in [3.8, 4) is 17.4 Å². The van der Waals surface area contributed by atoms with Crippen LogP contribution in [-0.2, 0) is 0 Å². The van der Waals surface area contributed by atoms with Crippen LogP contribution >= 0.6 is 27.5 Å². The Kier molecular flexibility index (Phi) is 5.17. The summed E-state index contributed by atoms with van der Waals surface area (Å²) < 4.78 is 24.1. The highest BCUT2D eigenvalue weighted by atomic mass is 79.9. The Morgan fingerprint density at radius 3 is 2.70 bits per heavy atom. The van der Waals surface area contributed by atoms with Gasteiger partial charge in [-0.2, -0.15) is 0 Å². The molecule has 1 heterocycles. The van der Waals surface area contributed by atoms with Gasteiger partial charge in [0.2, 0.25) is 5.88 Å². The van der Waals surface area contributed by atoms with Gasteiger partial charge in [0.05, 0.1) is 6.61 Å². The van der Waals surface area contributed by atoms with Gasteiger partial charge in [-0.3, -0.25) is 0 Å². The van der Waals surface area contributed by atoms with E-state index < -0.39 is 5.82 Å². The second-order valence-electron chi connectivity index (χ2n) is 3.67. The molecule has 2 aromatic rings. The molecule has 1 aromatic carbocycles. The minimum Gasteiger partial charge on any atom is -0.487 e. The number of rotatable bonds is 5. The molecule has 7 heteroatoms. The minimum absolute atomic E-state index is 0.00524. The molecule has 0 atom stereocenters. The Hall–Kier alpha value is -1.37. The number of halogens is 3. The summed E-state index contributed by atoms with van der Waals surface area (Å²) in [4.78, 5) is 3.87. The lowest BCUT2D eigenvalue weighted by molar-refractivity contribution is 0.197. The smallest absolute Gasteiger partial charge is 0.239 e. The molecule has 0 aliphatic heterocycles. The van der Waals surface area contributed by atoms with Crippen LogP contribution in [-0.4, -0.2) is 23.3 Å². The lowest BCUT2D eigenvalue weighted by Gasteiger charge is -2.12. The number of aliphatic hydroxyl groups excluding tert-OH is 1. The number of para-hydroxylation sites is 2. The van der Waals surface area contributed by atoms with E-state index in [9.17, 15) is 4.39 Å². The summed E-state index contributed by atoms with van der Waals surface area (Å²) in [6.45, 7) is 0.0179. The van der Waals surface area contributed by atoms with Gasteiger partial charge in [0, 0.05) is 6.07 Å². The van der Waals surface area contributed by atoms with Crippen molar-refractivity contribution >= 4 is 27.5 Å². The van der Waals surface area contributed by atoms with Gasteiger partial charge in [0.1, 0.15) is 16.2 Å². The molecular weight excluding hydrogens is 353 g/mol. The highest BCUT2D eigenvalue weighted by Crippen LogP contribution is 2.35.